The van der Waals surface area contributed by atoms with Gasteiger partial charge in [-0.2, -0.15) is 0 Å². The quantitative estimate of drug-likeness (QED) is 0.165. The molecule has 2 unspecified atom stereocenters. The van der Waals surface area contributed by atoms with Crippen molar-refractivity contribution in [3.8, 4) is 0 Å². The summed E-state index contributed by atoms with van der Waals surface area (Å²) in [4.78, 5) is 50.0. The number of rotatable bonds is 3. The van der Waals surface area contributed by atoms with Gasteiger partial charge in [0.05, 0.1) is 0 Å². The van der Waals surface area contributed by atoms with Gasteiger partial charge in [0.2, 0.25) is 0 Å². The van der Waals surface area contributed by atoms with Crippen LogP contribution < -0.4 is 42.4 Å². The molecular formula is C20H20I2O4-2. The summed E-state index contributed by atoms with van der Waals surface area (Å²) in [5.41, 5.74) is 1.14. The molecule has 1 saturated carbocycles. The van der Waals surface area contributed by atoms with E-state index in [4.69, 9.17) is 0 Å². The van der Waals surface area contributed by atoms with Gasteiger partial charge in [0, 0.05) is 0 Å². The second kappa shape index (κ2) is 7.77. The number of carbonyl (C=O) groups excluding carboxylic acids is 4. The molecule has 1 saturated heterocycles. The number of carbonyl (C=O) groups is 4. The van der Waals surface area contributed by atoms with E-state index in [-0.39, 0.29) is 40.4 Å². The first-order valence-electron chi connectivity index (χ1n) is 9.12. The third kappa shape index (κ3) is 3.43. The van der Waals surface area contributed by atoms with Crippen molar-refractivity contribution in [1.29, 1.82) is 0 Å². The molecule has 0 aromatic heterocycles. The van der Waals surface area contributed by atoms with Crippen molar-refractivity contribution in [3.63, 3.8) is 0 Å². The van der Waals surface area contributed by atoms with Crippen molar-refractivity contribution in [3.05, 3.63) is 32.9 Å². The van der Waals surface area contributed by atoms with E-state index in [0.717, 1.165) is 3.57 Å². The van der Waals surface area contributed by atoms with Crippen LogP contribution in [-0.2, 0) is 9.59 Å². The SMILES string of the molecule is O=C1CCC(C2C(=O)c3cccc([I-]C4CCCCC4)c3C2=O)C(=O)[I-]1. The Hall–Kier alpha value is -0.640. The van der Waals surface area contributed by atoms with Gasteiger partial charge in [-0.15, -0.1) is 0 Å². The summed E-state index contributed by atoms with van der Waals surface area (Å²) in [5.74, 6) is -1.75. The standard InChI is InChI=1S/C20H20I2O4/c23-15-10-9-13(20(26)22-15)17-18(24)12-7-4-8-14(16(12)19(17)25)21-11-5-2-1-3-6-11/h4,7-8,11,13,17H,1-3,5-6,9-10H2/q-2. The Labute approximate surface area is 173 Å². The maximum absolute atomic E-state index is 13.2. The molecule has 0 bridgehead atoms. The van der Waals surface area contributed by atoms with Crippen LogP contribution in [0.2, 0.25) is 0 Å². The van der Waals surface area contributed by atoms with E-state index in [1.165, 1.54) is 32.1 Å². The Kier molecular flexibility index (Phi) is 5.59. The number of hydrogen-bond acceptors (Lipinski definition) is 4. The Morgan fingerprint density at radius 3 is 2.42 bits per heavy atom. The fourth-order valence-electron chi connectivity index (χ4n) is 4.11. The van der Waals surface area contributed by atoms with Crippen LogP contribution in [0, 0.1) is 15.4 Å². The van der Waals surface area contributed by atoms with Crippen LogP contribution in [-0.4, -0.2) is 23.1 Å². The zero-order valence-corrected chi connectivity index (χ0v) is 18.6. The van der Waals surface area contributed by atoms with Crippen LogP contribution >= 0.6 is 0 Å². The average Bonchev–Trinajstić information content (AvgIpc) is 2.88. The normalized spacial score (nSPS) is 27.5. The third-order valence-corrected chi connectivity index (χ3v) is 11.6. The van der Waals surface area contributed by atoms with Crippen molar-refractivity contribution in [2.24, 2.45) is 11.8 Å². The van der Waals surface area contributed by atoms with Gasteiger partial charge in [0.25, 0.3) is 0 Å². The predicted octanol–water partition coefficient (Wildman–Crippen LogP) is -3.17. The zero-order chi connectivity index (χ0) is 18.3. The Balaban J connectivity index is 1.62. The summed E-state index contributed by atoms with van der Waals surface area (Å²) in [7, 11) is 0. The number of ketones is 2. The van der Waals surface area contributed by atoms with Crippen molar-refractivity contribution >= 4 is 19.1 Å². The molecule has 4 nitrogen and oxygen atoms in total. The van der Waals surface area contributed by atoms with Crippen LogP contribution in [0.25, 0.3) is 0 Å². The maximum atomic E-state index is 13.2. The summed E-state index contributed by atoms with van der Waals surface area (Å²) in [5, 5.41) is 0. The molecule has 2 fully saturated rings. The zero-order valence-electron chi connectivity index (χ0n) is 14.3. The van der Waals surface area contributed by atoms with E-state index in [0.29, 0.717) is 27.9 Å². The van der Waals surface area contributed by atoms with E-state index in [1.807, 2.05) is 12.1 Å². The summed E-state index contributed by atoms with van der Waals surface area (Å²) < 4.78 is 1.69. The second-order valence-corrected chi connectivity index (χ2v) is 13.5. The van der Waals surface area contributed by atoms with Crippen LogP contribution in [0.3, 0.4) is 0 Å². The summed E-state index contributed by atoms with van der Waals surface area (Å²) in [6.45, 7) is 0. The molecule has 6 heteroatoms. The van der Waals surface area contributed by atoms with Gasteiger partial charge in [-0.1, -0.05) is 0 Å². The topological polar surface area (TPSA) is 68.3 Å². The van der Waals surface area contributed by atoms with E-state index >= 15 is 0 Å². The van der Waals surface area contributed by atoms with Crippen molar-refractivity contribution < 1.29 is 61.6 Å². The monoisotopic (exact) mass is 578 g/mol. The number of Topliss-reactive ketones (excluding diaryl/α,β-unsaturated/α-hetero) is 2. The van der Waals surface area contributed by atoms with E-state index in [2.05, 4.69) is 0 Å². The van der Waals surface area contributed by atoms with Gasteiger partial charge in [-0.05, 0) is 0 Å². The van der Waals surface area contributed by atoms with Crippen molar-refractivity contribution in [2.75, 3.05) is 0 Å². The number of benzene rings is 1. The van der Waals surface area contributed by atoms with Crippen LogP contribution in [0.4, 0.5) is 0 Å². The van der Waals surface area contributed by atoms with Crippen LogP contribution in [0.1, 0.15) is 65.7 Å². The molecular weight excluding hydrogens is 558 g/mol. The first kappa shape index (κ1) is 18.7. The first-order valence-corrected chi connectivity index (χ1v) is 13.6. The molecule has 2 atom stereocenters. The number of alkyl halides is 1. The van der Waals surface area contributed by atoms with Gasteiger partial charge < -0.3 is 0 Å². The Bertz CT molecular complexity index is 795. The molecule has 4 rings (SSSR count). The van der Waals surface area contributed by atoms with Crippen LogP contribution in [0.15, 0.2) is 18.2 Å². The number of fused-ring (bicyclic) bond motifs is 1. The summed E-state index contributed by atoms with van der Waals surface area (Å²) in [6.07, 6.45) is 7.01. The Morgan fingerprint density at radius 1 is 0.923 bits per heavy atom. The molecule has 1 aliphatic heterocycles. The molecule has 140 valence electrons. The van der Waals surface area contributed by atoms with E-state index in [1.54, 1.807) is 6.07 Å². The minimum atomic E-state index is -1.18. The first-order chi connectivity index (χ1) is 12.6. The Morgan fingerprint density at radius 2 is 1.69 bits per heavy atom. The molecule has 0 radical (unpaired) electrons. The average molecular weight is 578 g/mol. The fourth-order valence-corrected chi connectivity index (χ4v) is 10.1. The van der Waals surface area contributed by atoms with Gasteiger partial charge in [0.1, 0.15) is 0 Å². The molecule has 0 N–H and O–H groups in total. The van der Waals surface area contributed by atoms with Crippen molar-refractivity contribution in [2.45, 2.75) is 48.9 Å². The molecule has 1 aromatic carbocycles. The van der Waals surface area contributed by atoms with E-state index < -0.39 is 33.0 Å². The molecule has 2 aliphatic carbocycles. The molecule has 3 aliphatic rings. The van der Waals surface area contributed by atoms with Gasteiger partial charge >= 0.3 is 174 Å². The van der Waals surface area contributed by atoms with Gasteiger partial charge in [0.15, 0.2) is 0 Å². The van der Waals surface area contributed by atoms with Gasteiger partial charge in [-0.25, -0.2) is 0 Å². The summed E-state index contributed by atoms with van der Waals surface area (Å²) >= 11 is -1.49. The summed E-state index contributed by atoms with van der Waals surface area (Å²) in [6, 6.07) is 5.66. The van der Waals surface area contributed by atoms with Crippen LogP contribution in [0.5, 0.6) is 0 Å². The van der Waals surface area contributed by atoms with Gasteiger partial charge in [-0.3, -0.25) is 0 Å². The molecule has 1 aromatic rings. The molecule has 26 heavy (non-hydrogen) atoms. The molecule has 1 heterocycles. The molecule has 0 amide bonds. The number of halogens is 2. The third-order valence-electron chi connectivity index (χ3n) is 5.44. The number of hydrogen-bond donors (Lipinski definition) is 0. The molecule has 0 spiro atoms. The minimum absolute atomic E-state index is 0.0318. The van der Waals surface area contributed by atoms with E-state index in [9.17, 15) is 19.2 Å². The predicted molar refractivity (Wildman–Crippen MR) is 86.9 cm³/mol. The second-order valence-electron chi connectivity index (χ2n) is 7.11. The fraction of sp³-hybridized carbons (Fsp3) is 0.500. The van der Waals surface area contributed by atoms with Crippen molar-refractivity contribution in [1.82, 2.24) is 0 Å².